The number of likely N-dealkylation sites (N-methyl/N-ethyl adjacent to an activating group) is 1. The molecule has 4 heteroatoms. The van der Waals surface area contributed by atoms with Gasteiger partial charge in [-0.25, -0.2) is 0 Å². The summed E-state index contributed by atoms with van der Waals surface area (Å²) in [6, 6.07) is 12.3. The summed E-state index contributed by atoms with van der Waals surface area (Å²) in [6.45, 7) is 9.27. The third-order valence-corrected chi connectivity index (χ3v) is 3.84. The molecule has 2 N–H and O–H groups in total. The minimum absolute atomic E-state index is 0.00492. The van der Waals surface area contributed by atoms with Gasteiger partial charge in [0.25, 0.3) is 5.91 Å². The van der Waals surface area contributed by atoms with Crippen LogP contribution in [0.5, 0.6) is 0 Å². The highest BCUT2D eigenvalue weighted by atomic mass is 16.1. The third-order valence-electron chi connectivity index (χ3n) is 3.84. The minimum Gasteiger partial charge on any atom is -0.351 e. The van der Waals surface area contributed by atoms with Crippen LogP contribution >= 0.6 is 0 Å². The van der Waals surface area contributed by atoms with E-state index >= 15 is 0 Å². The third kappa shape index (κ3) is 3.98. The van der Waals surface area contributed by atoms with Crippen molar-refractivity contribution in [3.05, 3.63) is 58.9 Å². The number of hydrogen-bond donors (Lipinski definition) is 2. The highest BCUT2D eigenvalue weighted by molar-refractivity contribution is 5.95. The summed E-state index contributed by atoms with van der Waals surface area (Å²) in [5.41, 5.74) is 4.13. The summed E-state index contributed by atoms with van der Waals surface area (Å²) in [4.78, 5) is 12.3. The van der Waals surface area contributed by atoms with Gasteiger partial charge in [0.15, 0.2) is 0 Å². The van der Waals surface area contributed by atoms with Crippen LogP contribution in [-0.2, 0) is 6.54 Å². The van der Waals surface area contributed by atoms with E-state index in [1.54, 1.807) is 0 Å². The lowest BCUT2D eigenvalue weighted by molar-refractivity contribution is 0.0953. The molecule has 4 nitrogen and oxygen atoms in total. The lowest BCUT2D eigenvalue weighted by atomic mass is 10.2. The molecule has 1 heterocycles. The molecule has 0 fully saturated rings. The second-order valence-corrected chi connectivity index (χ2v) is 5.47. The van der Waals surface area contributed by atoms with Gasteiger partial charge in [0.1, 0.15) is 0 Å². The van der Waals surface area contributed by atoms with E-state index in [4.69, 9.17) is 0 Å². The van der Waals surface area contributed by atoms with Crippen molar-refractivity contribution in [2.75, 3.05) is 19.6 Å². The number of carbonyl (C=O) groups excluding carboxylic acids is 1. The topological polar surface area (TPSA) is 46.1 Å². The van der Waals surface area contributed by atoms with Crippen LogP contribution in [0.3, 0.4) is 0 Å². The minimum atomic E-state index is 0.00492. The first-order valence-corrected chi connectivity index (χ1v) is 7.83. The van der Waals surface area contributed by atoms with Gasteiger partial charge < -0.3 is 15.2 Å². The number of amides is 1. The zero-order chi connectivity index (χ0) is 15.9. The van der Waals surface area contributed by atoms with Gasteiger partial charge in [0.05, 0.1) is 5.56 Å². The number of nitrogens with one attached hydrogen (secondary N) is 2. The Labute approximate surface area is 132 Å². The number of aryl methyl sites for hydroxylation is 1. The normalized spacial score (nSPS) is 10.7. The quantitative estimate of drug-likeness (QED) is 0.772. The Kier molecular flexibility index (Phi) is 5.78. The predicted octanol–water partition coefficient (Wildman–Crippen LogP) is 2.49. The number of aromatic nitrogens is 1. The van der Waals surface area contributed by atoms with Crippen molar-refractivity contribution < 1.29 is 4.79 Å². The molecule has 2 aromatic rings. The molecule has 0 aliphatic carbocycles. The van der Waals surface area contributed by atoms with Crippen molar-refractivity contribution in [2.45, 2.75) is 27.3 Å². The van der Waals surface area contributed by atoms with E-state index in [-0.39, 0.29) is 5.91 Å². The Balaban J connectivity index is 2.08. The lowest BCUT2D eigenvalue weighted by Gasteiger charge is -2.10. The Bertz CT molecular complexity index is 617. The number of benzene rings is 1. The van der Waals surface area contributed by atoms with Gasteiger partial charge in [0, 0.05) is 31.0 Å². The van der Waals surface area contributed by atoms with Crippen molar-refractivity contribution >= 4 is 5.91 Å². The molecule has 1 aromatic carbocycles. The summed E-state index contributed by atoms with van der Waals surface area (Å²) in [5, 5.41) is 6.16. The van der Waals surface area contributed by atoms with Crippen LogP contribution < -0.4 is 10.6 Å². The van der Waals surface area contributed by atoms with Crippen LogP contribution in [0.2, 0.25) is 0 Å². The molecule has 0 saturated carbocycles. The zero-order valence-electron chi connectivity index (χ0n) is 13.6. The zero-order valence-corrected chi connectivity index (χ0v) is 13.6. The summed E-state index contributed by atoms with van der Waals surface area (Å²) < 4.78 is 2.19. The molecule has 118 valence electrons. The molecule has 1 amide bonds. The van der Waals surface area contributed by atoms with E-state index in [0.717, 1.165) is 36.6 Å². The second-order valence-electron chi connectivity index (χ2n) is 5.47. The predicted molar refractivity (Wildman–Crippen MR) is 90.3 cm³/mol. The van der Waals surface area contributed by atoms with Crippen LogP contribution in [-0.4, -0.2) is 30.1 Å². The van der Waals surface area contributed by atoms with E-state index in [0.29, 0.717) is 6.54 Å². The van der Waals surface area contributed by atoms with Gasteiger partial charge in [-0.15, -0.1) is 0 Å². The molecule has 0 radical (unpaired) electrons. The molecule has 0 bridgehead atoms. The molecule has 2 rings (SSSR count). The van der Waals surface area contributed by atoms with Crippen LogP contribution in [0, 0.1) is 13.8 Å². The van der Waals surface area contributed by atoms with Crippen molar-refractivity contribution in [3.63, 3.8) is 0 Å². The maximum absolute atomic E-state index is 12.3. The molecule has 0 unspecified atom stereocenters. The fourth-order valence-corrected chi connectivity index (χ4v) is 2.58. The van der Waals surface area contributed by atoms with Crippen molar-refractivity contribution in [1.82, 2.24) is 15.2 Å². The Morgan fingerprint density at radius 3 is 2.55 bits per heavy atom. The standard InChI is InChI=1S/C18H25N3O/c1-4-19-10-11-20-18(22)17-12-14(2)21(15(17)3)13-16-8-6-5-7-9-16/h5-9,12,19H,4,10-11,13H2,1-3H3,(H,20,22). The van der Waals surface area contributed by atoms with E-state index < -0.39 is 0 Å². The van der Waals surface area contributed by atoms with Crippen LogP contribution in [0.15, 0.2) is 36.4 Å². The van der Waals surface area contributed by atoms with Gasteiger partial charge >= 0.3 is 0 Å². The van der Waals surface area contributed by atoms with Gasteiger partial charge in [-0.3, -0.25) is 4.79 Å². The average Bonchev–Trinajstić information content (AvgIpc) is 2.81. The molecule has 1 aromatic heterocycles. The summed E-state index contributed by atoms with van der Waals surface area (Å²) in [6.07, 6.45) is 0. The lowest BCUT2D eigenvalue weighted by Crippen LogP contribution is -2.31. The van der Waals surface area contributed by atoms with Crippen LogP contribution in [0.1, 0.15) is 34.2 Å². The first kappa shape index (κ1) is 16.3. The van der Waals surface area contributed by atoms with Gasteiger partial charge in [-0.2, -0.15) is 0 Å². The number of carbonyl (C=O) groups is 1. The summed E-state index contributed by atoms with van der Waals surface area (Å²) in [5.74, 6) is 0.00492. The average molecular weight is 299 g/mol. The Morgan fingerprint density at radius 2 is 1.86 bits per heavy atom. The maximum atomic E-state index is 12.3. The van der Waals surface area contributed by atoms with Crippen LogP contribution in [0.25, 0.3) is 0 Å². The smallest absolute Gasteiger partial charge is 0.253 e. The van der Waals surface area contributed by atoms with E-state index in [1.807, 2.05) is 38.1 Å². The largest absolute Gasteiger partial charge is 0.351 e. The van der Waals surface area contributed by atoms with E-state index in [1.165, 1.54) is 5.56 Å². The second kappa shape index (κ2) is 7.80. The van der Waals surface area contributed by atoms with Gasteiger partial charge in [-0.1, -0.05) is 37.3 Å². The van der Waals surface area contributed by atoms with Crippen molar-refractivity contribution in [1.29, 1.82) is 0 Å². The van der Waals surface area contributed by atoms with Gasteiger partial charge in [-0.05, 0) is 32.0 Å². The number of hydrogen-bond acceptors (Lipinski definition) is 2. The molecule has 0 saturated heterocycles. The first-order valence-electron chi connectivity index (χ1n) is 7.83. The molecule has 0 atom stereocenters. The Morgan fingerprint density at radius 1 is 1.14 bits per heavy atom. The monoisotopic (exact) mass is 299 g/mol. The summed E-state index contributed by atoms with van der Waals surface area (Å²) >= 11 is 0. The molecule has 22 heavy (non-hydrogen) atoms. The molecule has 0 aliphatic rings. The number of nitrogens with zero attached hydrogens (tertiary/aromatic N) is 1. The SMILES string of the molecule is CCNCCNC(=O)c1cc(C)n(Cc2ccccc2)c1C. The molecular weight excluding hydrogens is 274 g/mol. The van der Waals surface area contributed by atoms with E-state index in [9.17, 15) is 4.79 Å². The van der Waals surface area contributed by atoms with E-state index in [2.05, 4.69) is 34.3 Å². The van der Waals surface area contributed by atoms with Crippen molar-refractivity contribution in [2.24, 2.45) is 0 Å². The highest BCUT2D eigenvalue weighted by Crippen LogP contribution is 2.17. The summed E-state index contributed by atoms with van der Waals surface area (Å²) in [7, 11) is 0. The maximum Gasteiger partial charge on any atom is 0.253 e. The number of rotatable bonds is 7. The van der Waals surface area contributed by atoms with Crippen molar-refractivity contribution in [3.8, 4) is 0 Å². The molecular formula is C18H25N3O. The molecule has 0 spiro atoms. The highest BCUT2D eigenvalue weighted by Gasteiger charge is 2.15. The fraction of sp³-hybridized carbons (Fsp3) is 0.389. The Hall–Kier alpha value is -2.07. The molecule has 0 aliphatic heterocycles. The van der Waals surface area contributed by atoms with Gasteiger partial charge in [0.2, 0.25) is 0 Å². The first-order chi connectivity index (χ1) is 10.6. The fourth-order valence-electron chi connectivity index (χ4n) is 2.58. The van der Waals surface area contributed by atoms with Crippen LogP contribution in [0.4, 0.5) is 0 Å².